The first kappa shape index (κ1) is 10.4. The molecule has 1 rings (SSSR count). The highest BCUT2D eigenvalue weighted by Crippen LogP contribution is 2.19. The van der Waals surface area contributed by atoms with Crippen molar-refractivity contribution in [3.8, 4) is 11.8 Å². The fourth-order valence-corrected chi connectivity index (χ4v) is 1.64. The van der Waals surface area contributed by atoms with E-state index in [-0.39, 0.29) is 5.92 Å². The van der Waals surface area contributed by atoms with Gasteiger partial charge in [-0.15, -0.1) is 17.5 Å². The highest BCUT2D eigenvalue weighted by molar-refractivity contribution is 6.30. The Morgan fingerprint density at radius 1 is 1.46 bits per heavy atom. The van der Waals surface area contributed by atoms with Gasteiger partial charge < -0.3 is 5.73 Å². The number of rotatable bonds is 2. The molecule has 0 spiro atoms. The topological polar surface area (TPSA) is 43.1 Å². The predicted octanol–water partition coefficient (Wildman–Crippen LogP) is 1.66. The number of hydrogen-bond donors (Lipinski definition) is 1. The third-order valence-electron chi connectivity index (χ3n) is 2.23. The molecule has 2 atom stereocenters. The molecule has 0 aliphatic heterocycles. The number of alkyl halides is 1. The lowest BCUT2D eigenvalue weighted by Gasteiger charge is -2.15. The molecule has 0 aromatic carbocycles. The quantitative estimate of drug-likeness (QED) is 0.534. The lowest BCUT2D eigenvalue weighted by atomic mass is 9.95. The van der Waals surface area contributed by atoms with Gasteiger partial charge in [-0.05, 0) is 12.8 Å². The Bertz CT molecular complexity index is 241. The molecule has 1 aliphatic rings. The van der Waals surface area contributed by atoms with Crippen LogP contribution in [0.2, 0.25) is 0 Å². The van der Waals surface area contributed by atoms with Gasteiger partial charge in [-0.25, -0.2) is 0 Å². The highest BCUT2D eigenvalue weighted by Gasteiger charge is 2.22. The van der Waals surface area contributed by atoms with Crippen LogP contribution in [0.15, 0.2) is 0 Å². The normalized spacial score (nSPS) is 24.8. The Morgan fingerprint density at radius 3 is 2.92 bits per heavy atom. The minimum absolute atomic E-state index is 0.0422. The van der Waals surface area contributed by atoms with Crippen LogP contribution < -0.4 is 5.73 Å². The molecule has 72 valence electrons. The van der Waals surface area contributed by atoms with Gasteiger partial charge in [0.25, 0.3) is 0 Å². The molecule has 0 bridgehead atoms. The van der Waals surface area contributed by atoms with E-state index >= 15 is 0 Å². The van der Waals surface area contributed by atoms with Gasteiger partial charge in [0.15, 0.2) is 0 Å². The number of carbonyl (C=O) groups is 1. The van der Waals surface area contributed by atoms with Crippen molar-refractivity contribution < 1.29 is 4.79 Å². The van der Waals surface area contributed by atoms with Crippen molar-refractivity contribution >= 4 is 17.5 Å². The predicted molar refractivity (Wildman–Crippen MR) is 53.2 cm³/mol. The Morgan fingerprint density at radius 2 is 2.23 bits per heavy atom. The summed E-state index contributed by atoms with van der Waals surface area (Å²) in [5.74, 6) is 5.55. The summed E-state index contributed by atoms with van der Waals surface area (Å²) in [6.45, 7) is 0. The second-order valence-corrected chi connectivity index (χ2v) is 3.80. The average molecular weight is 200 g/mol. The molecule has 0 aromatic heterocycles. The molecular formula is C10H14ClNO. The lowest BCUT2D eigenvalue weighted by molar-refractivity contribution is -0.118. The van der Waals surface area contributed by atoms with Crippen LogP contribution in [0.4, 0.5) is 0 Å². The minimum Gasteiger partial charge on any atom is -0.368 e. The molecule has 1 aliphatic carbocycles. The molecule has 2 nitrogen and oxygen atoms in total. The van der Waals surface area contributed by atoms with Crippen molar-refractivity contribution in [2.45, 2.75) is 37.5 Å². The maximum atomic E-state index is 10.8. The molecule has 0 saturated carbocycles. The van der Waals surface area contributed by atoms with Crippen molar-refractivity contribution in [2.75, 3.05) is 0 Å². The second kappa shape index (κ2) is 5.14. The third kappa shape index (κ3) is 3.28. The lowest BCUT2D eigenvalue weighted by Crippen LogP contribution is -2.30. The molecule has 0 fully saturated rings. The Hall–Kier alpha value is -0.680. The van der Waals surface area contributed by atoms with Crippen molar-refractivity contribution in [3.63, 3.8) is 0 Å². The summed E-state index contributed by atoms with van der Waals surface area (Å²) in [5, 5.41) is -0.620. The zero-order chi connectivity index (χ0) is 9.68. The first-order chi connectivity index (χ1) is 6.22. The van der Waals surface area contributed by atoms with Gasteiger partial charge >= 0.3 is 0 Å². The Kier molecular flexibility index (Phi) is 4.11. The van der Waals surface area contributed by atoms with Gasteiger partial charge in [0.2, 0.25) is 5.91 Å². The maximum absolute atomic E-state index is 10.8. The fraction of sp³-hybridized carbons (Fsp3) is 0.700. The van der Waals surface area contributed by atoms with Gasteiger partial charge in [0.1, 0.15) is 5.38 Å². The fourth-order valence-electron chi connectivity index (χ4n) is 1.45. The van der Waals surface area contributed by atoms with E-state index < -0.39 is 11.3 Å². The van der Waals surface area contributed by atoms with Crippen molar-refractivity contribution in [1.82, 2.24) is 0 Å². The van der Waals surface area contributed by atoms with Crippen LogP contribution in [0.1, 0.15) is 32.1 Å². The van der Waals surface area contributed by atoms with Gasteiger partial charge in [0.05, 0.1) is 0 Å². The highest BCUT2D eigenvalue weighted by atomic mass is 35.5. The van der Waals surface area contributed by atoms with Crippen LogP contribution in [0.5, 0.6) is 0 Å². The number of carbonyl (C=O) groups excluding carboxylic acids is 1. The number of primary amides is 1. The molecule has 0 radical (unpaired) electrons. The summed E-state index contributed by atoms with van der Waals surface area (Å²) in [6.07, 6.45) is 5.23. The largest absolute Gasteiger partial charge is 0.368 e. The second-order valence-electron chi connectivity index (χ2n) is 3.33. The van der Waals surface area contributed by atoms with E-state index in [2.05, 4.69) is 11.8 Å². The summed E-state index contributed by atoms with van der Waals surface area (Å²) in [5.41, 5.74) is 5.12. The number of amides is 1. The third-order valence-corrected chi connectivity index (χ3v) is 2.75. The van der Waals surface area contributed by atoms with Gasteiger partial charge in [0, 0.05) is 12.3 Å². The van der Waals surface area contributed by atoms with E-state index in [1.165, 1.54) is 6.42 Å². The van der Waals surface area contributed by atoms with Crippen LogP contribution in [0.3, 0.4) is 0 Å². The number of hydrogen-bond acceptors (Lipinski definition) is 1. The summed E-state index contributed by atoms with van der Waals surface area (Å²) in [6, 6.07) is 0. The van der Waals surface area contributed by atoms with Crippen LogP contribution in [-0.4, -0.2) is 11.3 Å². The summed E-state index contributed by atoms with van der Waals surface area (Å²) < 4.78 is 0. The smallest absolute Gasteiger partial charge is 0.236 e. The minimum atomic E-state index is -0.620. The van der Waals surface area contributed by atoms with E-state index in [0.717, 1.165) is 25.7 Å². The van der Waals surface area contributed by atoms with Gasteiger partial charge in [-0.3, -0.25) is 4.79 Å². The molecule has 2 N–H and O–H groups in total. The van der Waals surface area contributed by atoms with Gasteiger partial charge in [-0.2, -0.15) is 0 Å². The number of halogens is 1. The van der Waals surface area contributed by atoms with E-state index in [4.69, 9.17) is 17.3 Å². The van der Waals surface area contributed by atoms with Crippen molar-refractivity contribution in [3.05, 3.63) is 0 Å². The zero-order valence-corrected chi connectivity index (χ0v) is 8.31. The molecular weight excluding hydrogens is 186 g/mol. The molecule has 0 heterocycles. The summed E-state index contributed by atoms with van der Waals surface area (Å²) >= 11 is 5.84. The molecule has 0 saturated heterocycles. The molecule has 0 aromatic rings. The molecule has 13 heavy (non-hydrogen) atoms. The monoisotopic (exact) mass is 199 g/mol. The Balaban J connectivity index is 2.59. The van der Waals surface area contributed by atoms with Crippen LogP contribution >= 0.6 is 11.6 Å². The SMILES string of the molecule is NC(=O)C(Cl)C1C#CCCCCC1. The number of nitrogens with two attached hydrogens (primary N) is 1. The summed E-state index contributed by atoms with van der Waals surface area (Å²) in [7, 11) is 0. The van der Waals surface area contributed by atoms with Crippen molar-refractivity contribution in [2.24, 2.45) is 11.7 Å². The zero-order valence-electron chi connectivity index (χ0n) is 7.55. The Labute approximate surface area is 83.8 Å². The van der Waals surface area contributed by atoms with E-state index in [9.17, 15) is 4.79 Å². The molecule has 3 heteroatoms. The molecule has 2 unspecified atom stereocenters. The average Bonchev–Trinajstić information content (AvgIpc) is 2.02. The first-order valence-corrected chi connectivity index (χ1v) is 5.07. The van der Waals surface area contributed by atoms with E-state index in [1.807, 2.05) is 0 Å². The van der Waals surface area contributed by atoms with Crippen LogP contribution in [0, 0.1) is 17.8 Å². The van der Waals surface area contributed by atoms with Crippen LogP contribution in [0.25, 0.3) is 0 Å². The first-order valence-electron chi connectivity index (χ1n) is 4.63. The van der Waals surface area contributed by atoms with Gasteiger partial charge in [-0.1, -0.05) is 18.8 Å². The van der Waals surface area contributed by atoms with E-state index in [0.29, 0.717) is 0 Å². The van der Waals surface area contributed by atoms with Crippen molar-refractivity contribution in [1.29, 1.82) is 0 Å². The maximum Gasteiger partial charge on any atom is 0.236 e. The summed E-state index contributed by atoms with van der Waals surface area (Å²) in [4.78, 5) is 10.8. The van der Waals surface area contributed by atoms with E-state index in [1.54, 1.807) is 0 Å². The molecule has 1 amide bonds. The standard InChI is InChI=1S/C10H14ClNO/c11-9(10(12)13)8-6-4-2-1-3-5-7-8/h8-9H,1-4,6H2,(H2,12,13). The van der Waals surface area contributed by atoms with Crippen LogP contribution in [-0.2, 0) is 4.79 Å².